The minimum Gasteiger partial charge on any atom is -0.383 e. The maximum absolute atomic E-state index is 12.1. The average molecular weight is 281 g/mol. The molecule has 0 atom stereocenters. The fraction of sp³-hybridized carbons (Fsp3) is 0.533. The Hall–Kier alpha value is -1.43. The number of nitrogens with zero attached hydrogens (tertiary/aromatic N) is 1. The van der Waals surface area contributed by atoms with E-state index in [9.17, 15) is 4.79 Å². The summed E-state index contributed by atoms with van der Waals surface area (Å²) in [4.78, 5) is 13.9. The van der Waals surface area contributed by atoms with Gasteiger partial charge in [0.2, 0.25) is 5.91 Å². The van der Waals surface area contributed by atoms with Crippen molar-refractivity contribution in [2.75, 3.05) is 47.2 Å². The third-order valence-corrected chi connectivity index (χ3v) is 2.79. The highest BCUT2D eigenvalue weighted by Gasteiger charge is 2.13. The lowest BCUT2D eigenvalue weighted by Gasteiger charge is -2.22. The van der Waals surface area contributed by atoms with Gasteiger partial charge in [-0.2, -0.15) is 0 Å². The van der Waals surface area contributed by atoms with Gasteiger partial charge in [0.15, 0.2) is 0 Å². The first-order valence-corrected chi connectivity index (χ1v) is 6.65. The lowest BCUT2D eigenvalue weighted by molar-refractivity contribution is -0.137. The van der Waals surface area contributed by atoms with Gasteiger partial charge in [-0.25, -0.2) is 0 Å². The van der Waals surface area contributed by atoms with Gasteiger partial charge in [0.1, 0.15) is 6.61 Å². The Morgan fingerprint density at radius 1 is 1.05 bits per heavy atom. The second-order valence-corrected chi connectivity index (χ2v) is 4.34. The number of methoxy groups -OCH3 is 2. The number of hydrogen-bond donors (Lipinski definition) is 0. The van der Waals surface area contributed by atoms with Gasteiger partial charge in [0.25, 0.3) is 0 Å². The molecule has 0 saturated heterocycles. The van der Waals surface area contributed by atoms with Crippen LogP contribution in [-0.2, 0) is 25.5 Å². The predicted octanol–water partition coefficient (Wildman–Crippen LogP) is 1.32. The second kappa shape index (κ2) is 10.4. The zero-order valence-electron chi connectivity index (χ0n) is 12.2. The van der Waals surface area contributed by atoms with E-state index in [1.165, 1.54) is 0 Å². The molecule has 5 nitrogen and oxygen atoms in total. The molecule has 0 unspecified atom stereocenters. The van der Waals surface area contributed by atoms with E-state index in [2.05, 4.69) is 0 Å². The Morgan fingerprint density at radius 3 is 2.40 bits per heavy atom. The molecule has 0 N–H and O–H groups in total. The van der Waals surface area contributed by atoms with Gasteiger partial charge in [0.05, 0.1) is 19.8 Å². The van der Waals surface area contributed by atoms with Crippen LogP contribution >= 0.6 is 0 Å². The topological polar surface area (TPSA) is 48.0 Å². The Labute approximate surface area is 120 Å². The van der Waals surface area contributed by atoms with Crippen molar-refractivity contribution >= 4 is 5.91 Å². The van der Waals surface area contributed by atoms with Gasteiger partial charge < -0.3 is 19.1 Å². The van der Waals surface area contributed by atoms with Gasteiger partial charge in [0, 0.05) is 27.3 Å². The van der Waals surface area contributed by atoms with Crippen molar-refractivity contribution in [2.45, 2.75) is 6.54 Å². The highest BCUT2D eigenvalue weighted by atomic mass is 16.5. The number of benzene rings is 1. The Morgan fingerprint density at radius 2 is 1.75 bits per heavy atom. The quantitative estimate of drug-likeness (QED) is 0.607. The zero-order valence-corrected chi connectivity index (χ0v) is 12.2. The Balaban J connectivity index is 2.47. The first kappa shape index (κ1) is 16.6. The zero-order chi connectivity index (χ0) is 14.6. The molecule has 0 aliphatic rings. The van der Waals surface area contributed by atoms with Gasteiger partial charge >= 0.3 is 0 Å². The highest BCUT2D eigenvalue weighted by Crippen LogP contribution is 2.05. The fourth-order valence-corrected chi connectivity index (χ4v) is 1.69. The summed E-state index contributed by atoms with van der Waals surface area (Å²) >= 11 is 0. The molecule has 0 aliphatic heterocycles. The highest BCUT2D eigenvalue weighted by molar-refractivity contribution is 5.77. The van der Waals surface area contributed by atoms with E-state index < -0.39 is 0 Å². The summed E-state index contributed by atoms with van der Waals surface area (Å²) in [5.74, 6) is -0.0398. The van der Waals surface area contributed by atoms with Crippen LogP contribution in [0.1, 0.15) is 5.56 Å². The molecule has 112 valence electrons. The molecule has 0 aromatic heterocycles. The van der Waals surface area contributed by atoms with Crippen LogP contribution in [0, 0.1) is 0 Å². The van der Waals surface area contributed by atoms with Crippen LogP contribution < -0.4 is 0 Å². The normalized spacial score (nSPS) is 10.5. The third-order valence-electron chi connectivity index (χ3n) is 2.79. The molecule has 0 saturated carbocycles. The van der Waals surface area contributed by atoms with Gasteiger partial charge in [-0.15, -0.1) is 0 Å². The first-order valence-electron chi connectivity index (χ1n) is 6.65. The molecule has 0 aliphatic carbocycles. The Bertz CT molecular complexity index is 369. The molecule has 1 aromatic rings. The number of carbonyl (C=O) groups excluding carboxylic acids is 1. The summed E-state index contributed by atoms with van der Waals surface area (Å²) in [5, 5.41) is 0. The van der Waals surface area contributed by atoms with Crippen LogP contribution in [0.2, 0.25) is 0 Å². The van der Waals surface area contributed by atoms with Crippen LogP contribution in [0.15, 0.2) is 30.3 Å². The molecule has 5 heteroatoms. The van der Waals surface area contributed by atoms with Crippen LogP contribution in [0.5, 0.6) is 0 Å². The fourth-order valence-electron chi connectivity index (χ4n) is 1.69. The molecular weight excluding hydrogens is 258 g/mol. The molecule has 0 bridgehead atoms. The molecule has 0 radical (unpaired) electrons. The summed E-state index contributed by atoms with van der Waals surface area (Å²) in [5.41, 5.74) is 1.09. The van der Waals surface area contributed by atoms with Gasteiger partial charge in [-0.05, 0) is 5.56 Å². The summed E-state index contributed by atoms with van der Waals surface area (Å²) in [6.07, 6.45) is 0. The Kier molecular flexibility index (Phi) is 8.62. The lowest BCUT2D eigenvalue weighted by atomic mass is 10.2. The van der Waals surface area contributed by atoms with Crippen molar-refractivity contribution in [3.8, 4) is 0 Å². The van der Waals surface area contributed by atoms with E-state index in [1.807, 2.05) is 30.3 Å². The smallest absolute Gasteiger partial charge is 0.248 e. The molecule has 0 fully saturated rings. The average Bonchev–Trinajstić information content (AvgIpc) is 2.48. The van der Waals surface area contributed by atoms with Crippen LogP contribution in [0.3, 0.4) is 0 Å². The standard InChI is InChI=1S/C15H23NO4/c1-18-9-8-16(12-14-6-4-3-5-7-14)15(17)13-20-11-10-19-2/h3-7H,8-13H2,1-2H3. The summed E-state index contributed by atoms with van der Waals surface area (Å²) < 4.78 is 15.2. The van der Waals surface area contributed by atoms with Gasteiger partial charge in [-0.3, -0.25) is 4.79 Å². The van der Waals surface area contributed by atoms with Crippen LogP contribution in [0.4, 0.5) is 0 Å². The largest absolute Gasteiger partial charge is 0.383 e. The monoisotopic (exact) mass is 281 g/mol. The van der Waals surface area contributed by atoms with E-state index in [-0.39, 0.29) is 12.5 Å². The number of amides is 1. The maximum Gasteiger partial charge on any atom is 0.248 e. The lowest BCUT2D eigenvalue weighted by Crippen LogP contribution is -2.36. The van der Waals surface area contributed by atoms with Crippen LogP contribution in [0.25, 0.3) is 0 Å². The minimum atomic E-state index is -0.0398. The minimum absolute atomic E-state index is 0.0398. The van der Waals surface area contributed by atoms with Crippen molar-refractivity contribution in [1.29, 1.82) is 0 Å². The molecule has 0 spiro atoms. The summed E-state index contributed by atoms with van der Waals surface area (Å²) in [6, 6.07) is 9.88. The molecule has 0 heterocycles. The van der Waals surface area contributed by atoms with E-state index in [1.54, 1.807) is 19.1 Å². The van der Waals surface area contributed by atoms with Crippen molar-refractivity contribution in [1.82, 2.24) is 4.90 Å². The number of hydrogen-bond acceptors (Lipinski definition) is 4. The van der Waals surface area contributed by atoms with E-state index in [4.69, 9.17) is 14.2 Å². The van der Waals surface area contributed by atoms with E-state index in [0.717, 1.165) is 5.56 Å². The molecular formula is C15H23NO4. The second-order valence-electron chi connectivity index (χ2n) is 4.34. The summed E-state index contributed by atoms with van der Waals surface area (Å²) in [7, 11) is 3.23. The van der Waals surface area contributed by atoms with Crippen molar-refractivity contribution in [2.24, 2.45) is 0 Å². The number of carbonyl (C=O) groups is 1. The van der Waals surface area contributed by atoms with Crippen molar-refractivity contribution in [3.63, 3.8) is 0 Å². The van der Waals surface area contributed by atoms with Gasteiger partial charge in [-0.1, -0.05) is 30.3 Å². The van der Waals surface area contributed by atoms with E-state index in [0.29, 0.717) is 32.9 Å². The predicted molar refractivity (Wildman–Crippen MR) is 76.4 cm³/mol. The molecule has 1 amide bonds. The van der Waals surface area contributed by atoms with Crippen LogP contribution in [-0.4, -0.2) is 58.0 Å². The first-order chi connectivity index (χ1) is 9.77. The van der Waals surface area contributed by atoms with Crippen molar-refractivity contribution < 1.29 is 19.0 Å². The molecule has 1 aromatic carbocycles. The maximum atomic E-state index is 12.1. The number of rotatable bonds is 10. The number of ether oxygens (including phenoxy) is 3. The third kappa shape index (κ3) is 6.65. The van der Waals surface area contributed by atoms with E-state index >= 15 is 0 Å². The molecule has 20 heavy (non-hydrogen) atoms. The van der Waals surface area contributed by atoms with Crippen molar-refractivity contribution in [3.05, 3.63) is 35.9 Å². The molecule has 1 rings (SSSR count). The SMILES string of the molecule is COCCOCC(=O)N(CCOC)Cc1ccccc1. The summed E-state index contributed by atoms with van der Waals surface area (Å²) in [6.45, 7) is 2.61.